The van der Waals surface area contributed by atoms with E-state index in [0.717, 1.165) is 5.56 Å². The number of hydrogen-bond donors (Lipinski definition) is 1. The van der Waals surface area contributed by atoms with E-state index in [1.165, 1.54) is 6.07 Å². The first kappa shape index (κ1) is 14.3. The van der Waals surface area contributed by atoms with Gasteiger partial charge in [-0.15, -0.1) is 0 Å². The molecule has 0 aliphatic carbocycles. The van der Waals surface area contributed by atoms with E-state index in [9.17, 15) is 9.90 Å². The second-order valence-electron chi connectivity index (χ2n) is 4.73. The number of pyridine rings is 1. The summed E-state index contributed by atoms with van der Waals surface area (Å²) in [6.45, 7) is 1.68. The summed E-state index contributed by atoms with van der Waals surface area (Å²) in [5.74, 6) is -1.04. The first-order valence-corrected chi connectivity index (χ1v) is 6.86. The molecule has 2 heterocycles. The van der Waals surface area contributed by atoms with Crippen molar-refractivity contribution in [3.8, 4) is 0 Å². The second-order valence-corrected chi connectivity index (χ2v) is 5.17. The number of hydrogen-bond acceptors (Lipinski definition) is 4. The standard InChI is InChI=1S/C16H11ClN2O3/c1-9-14-13(16(20)21)8-12(18-15(14)22-19-9)7-4-10-2-5-11(17)6-3-10/h2-8H,1H3,(H,20,21)/b7-4+. The van der Waals surface area contributed by atoms with E-state index in [0.29, 0.717) is 21.8 Å². The normalized spacial score (nSPS) is 11.4. The molecule has 3 rings (SSSR count). The molecule has 22 heavy (non-hydrogen) atoms. The first-order valence-electron chi connectivity index (χ1n) is 6.48. The van der Waals surface area contributed by atoms with Crippen LogP contribution in [0.4, 0.5) is 0 Å². The van der Waals surface area contributed by atoms with Gasteiger partial charge in [-0.05, 0) is 36.8 Å². The number of carboxylic acid groups (broad SMARTS) is 1. The fourth-order valence-electron chi connectivity index (χ4n) is 2.12. The monoisotopic (exact) mass is 314 g/mol. The number of nitrogens with zero attached hydrogens (tertiary/aromatic N) is 2. The lowest BCUT2D eigenvalue weighted by Crippen LogP contribution is -1.99. The SMILES string of the molecule is Cc1noc2nc(/C=C/c3ccc(Cl)cc3)cc(C(=O)O)c12. The number of rotatable bonds is 3. The maximum atomic E-state index is 11.4. The Balaban J connectivity index is 2.04. The molecule has 0 spiro atoms. The van der Waals surface area contributed by atoms with E-state index in [1.807, 2.05) is 18.2 Å². The fourth-order valence-corrected chi connectivity index (χ4v) is 2.25. The van der Waals surface area contributed by atoms with E-state index in [4.69, 9.17) is 16.1 Å². The minimum absolute atomic E-state index is 0.125. The molecule has 1 N–H and O–H groups in total. The highest BCUT2D eigenvalue weighted by molar-refractivity contribution is 6.30. The highest BCUT2D eigenvalue weighted by Crippen LogP contribution is 2.23. The van der Waals surface area contributed by atoms with Gasteiger partial charge in [-0.3, -0.25) is 0 Å². The summed E-state index contributed by atoms with van der Waals surface area (Å²) in [5.41, 5.74) is 2.26. The Hall–Kier alpha value is -2.66. The Labute approximate surface area is 130 Å². The minimum Gasteiger partial charge on any atom is -0.478 e. The highest BCUT2D eigenvalue weighted by Gasteiger charge is 2.17. The third-order valence-electron chi connectivity index (χ3n) is 3.18. The van der Waals surface area contributed by atoms with E-state index >= 15 is 0 Å². The molecule has 6 heteroatoms. The van der Waals surface area contributed by atoms with Gasteiger partial charge in [0.1, 0.15) is 0 Å². The Morgan fingerprint density at radius 2 is 2.00 bits per heavy atom. The summed E-state index contributed by atoms with van der Waals surface area (Å²) in [4.78, 5) is 15.7. The molecular formula is C16H11ClN2O3. The number of carbonyl (C=O) groups is 1. The Morgan fingerprint density at radius 3 is 2.68 bits per heavy atom. The minimum atomic E-state index is -1.04. The predicted octanol–water partition coefficient (Wildman–Crippen LogP) is 4.05. The van der Waals surface area contributed by atoms with E-state index < -0.39 is 5.97 Å². The van der Waals surface area contributed by atoms with Crippen molar-refractivity contribution in [2.75, 3.05) is 0 Å². The summed E-state index contributed by atoms with van der Waals surface area (Å²) in [7, 11) is 0. The van der Waals surface area contributed by atoms with Crippen LogP contribution in [0.5, 0.6) is 0 Å². The van der Waals surface area contributed by atoms with Gasteiger partial charge in [0.05, 0.1) is 22.3 Å². The number of carboxylic acids is 1. The van der Waals surface area contributed by atoms with Gasteiger partial charge in [0.25, 0.3) is 5.71 Å². The molecule has 0 amide bonds. The van der Waals surface area contributed by atoms with Crippen molar-refractivity contribution >= 4 is 40.8 Å². The van der Waals surface area contributed by atoms with Gasteiger partial charge in [0, 0.05) is 5.02 Å². The molecule has 0 fully saturated rings. The Kier molecular flexibility index (Phi) is 3.65. The zero-order valence-electron chi connectivity index (χ0n) is 11.6. The van der Waals surface area contributed by atoms with Crippen LogP contribution >= 0.6 is 11.6 Å². The predicted molar refractivity (Wildman–Crippen MR) is 83.9 cm³/mol. The van der Waals surface area contributed by atoms with Gasteiger partial charge in [0.15, 0.2) is 0 Å². The summed E-state index contributed by atoms with van der Waals surface area (Å²) >= 11 is 5.83. The van der Waals surface area contributed by atoms with Gasteiger partial charge in [-0.2, -0.15) is 0 Å². The molecule has 0 aliphatic heterocycles. The van der Waals surface area contributed by atoms with Gasteiger partial charge in [-0.25, -0.2) is 9.78 Å². The number of aromatic nitrogens is 2. The van der Waals surface area contributed by atoms with Crippen LogP contribution in [-0.4, -0.2) is 21.2 Å². The first-order chi connectivity index (χ1) is 10.5. The fraction of sp³-hybridized carbons (Fsp3) is 0.0625. The van der Waals surface area contributed by atoms with E-state index in [2.05, 4.69) is 10.1 Å². The quantitative estimate of drug-likeness (QED) is 0.789. The molecule has 2 aromatic heterocycles. The topological polar surface area (TPSA) is 76.2 Å². The van der Waals surface area contributed by atoms with Crippen LogP contribution in [0.15, 0.2) is 34.9 Å². The molecule has 0 unspecified atom stereocenters. The van der Waals surface area contributed by atoms with Crippen molar-refractivity contribution < 1.29 is 14.4 Å². The smallest absolute Gasteiger partial charge is 0.336 e. The van der Waals surface area contributed by atoms with Gasteiger partial charge in [0.2, 0.25) is 0 Å². The molecule has 0 saturated carbocycles. The van der Waals surface area contributed by atoms with Gasteiger partial charge in [-0.1, -0.05) is 35.0 Å². The van der Waals surface area contributed by atoms with Crippen molar-refractivity contribution in [1.82, 2.24) is 10.1 Å². The zero-order chi connectivity index (χ0) is 15.7. The third kappa shape index (κ3) is 2.71. The zero-order valence-corrected chi connectivity index (χ0v) is 12.3. The van der Waals surface area contributed by atoms with Crippen LogP contribution in [0, 0.1) is 6.92 Å². The highest BCUT2D eigenvalue weighted by atomic mass is 35.5. The van der Waals surface area contributed by atoms with Crippen molar-refractivity contribution in [2.45, 2.75) is 6.92 Å². The Bertz CT molecular complexity index is 882. The summed E-state index contributed by atoms with van der Waals surface area (Å²) in [6, 6.07) is 8.77. The molecule has 0 saturated heterocycles. The lowest BCUT2D eigenvalue weighted by molar-refractivity contribution is 0.0699. The summed E-state index contributed by atoms with van der Waals surface area (Å²) < 4.78 is 5.07. The maximum absolute atomic E-state index is 11.4. The van der Waals surface area contributed by atoms with Crippen molar-refractivity contribution in [3.05, 3.63) is 57.9 Å². The van der Waals surface area contributed by atoms with Crippen molar-refractivity contribution in [1.29, 1.82) is 0 Å². The average Bonchev–Trinajstić information content (AvgIpc) is 2.87. The van der Waals surface area contributed by atoms with E-state index in [1.54, 1.807) is 25.1 Å². The van der Waals surface area contributed by atoms with Crippen LogP contribution < -0.4 is 0 Å². The number of aryl methyl sites for hydroxylation is 1. The summed E-state index contributed by atoms with van der Waals surface area (Å²) in [5, 5.41) is 14.2. The largest absolute Gasteiger partial charge is 0.478 e. The van der Waals surface area contributed by atoms with Crippen LogP contribution in [-0.2, 0) is 0 Å². The molecule has 0 radical (unpaired) electrons. The van der Waals surface area contributed by atoms with Crippen LogP contribution in [0.1, 0.15) is 27.3 Å². The van der Waals surface area contributed by atoms with Gasteiger partial charge >= 0.3 is 5.97 Å². The van der Waals surface area contributed by atoms with Gasteiger partial charge < -0.3 is 9.63 Å². The molecule has 3 aromatic rings. The lowest BCUT2D eigenvalue weighted by atomic mass is 10.1. The molecule has 0 bridgehead atoms. The third-order valence-corrected chi connectivity index (χ3v) is 3.44. The number of fused-ring (bicyclic) bond motifs is 1. The van der Waals surface area contributed by atoms with Crippen LogP contribution in [0.25, 0.3) is 23.3 Å². The maximum Gasteiger partial charge on any atom is 0.336 e. The molecule has 0 atom stereocenters. The van der Waals surface area contributed by atoms with E-state index in [-0.39, 0.29) is 11.3 Å². The lowest BCUT2D eigenvalue weighted by Gasteiger charge is -1.99. The Morgan fingerprint density at radius 1 is 1.27 bits per heavy atom. The average molecular weight is 315 g/mol. The summed E-state index contributed by atoms with van der Waals surface area (Å²) in [6.07, 6.45) is 3.53. The number of aromatic carboxylic acids is 1. The molecule has 1 aromatic carbocycles. The van der Waals surface area contributed by atoms with Crippen molar-refractivity contribution in [2.24, 2.45) is 0 Å². The number of halogens is 1. The molecular weight excluding hydrogens is 304 g/mol. The van der Waals surface area contributed by atoms with Crippen LogP contribution in [0.2, 0.25) is 5.02 Å². The molecule has 5 nitrogen and oxygen atoms in total. The molecule has 0 aliphatic rings. The van der Waals surface area contributed by atoms with Crippen molar-refractivity contribution in [3.63, 3.8) is 0 Å². The number of benzene rings is 1. The molecule has 110 valence electrons. The second kappa shape index (κ2) is 5.61. The van der Waals surface area contributed by atoms with Crippen LogP contribution in [0.3, 0.4) is 0 Å².